The highest BCUT2D eigenvalue weighted by Gasteiger charge is 2.20. The highest BCUT2D eigenvalue weighted by Crippen LogP contribution is 2.26. The fraction of sp³-hybridized carbons (Fsp3) is 0.294. The van der Waals surface area contributed by atoms with Crippen LogP contribution in [-0.4, -0.2) is 31.1 Å². The molecule has 2 heterocycles. The van der Waals surface area contributed by atoms with Crippen LogP contribution < -0.4 is 5.32 Å². The standard InChI is InChI=1S/C17H19N5O2S/c1-10-5-7-14(8-6-10)22-13(4)19-20-17(22)25-12(3)16(23)18-15-9-11(2)24-21-15/h5-9,12H,1-4H3,(H,18,21,23)/t12-/m1/s1. The summed E-state index contributed by atoms with van der Waals surface area (Å²) in [5.41, 5.74) is 2.15. The van der Waals surface area contributed by atoms with E-state index in [0.717, 1.165) is 11.5 Å². The van der Waals surface area contributed by atoms with Crippen LogP contribution >= 0.6 is 11.8 Å². The lowest BCUT2D eigenvalue weighted by atomic mass is 10.2. The van der Waals surface area contributed by atoms with Gasteiger partial charge in [-0.3, -0.25) is 9.36 Å². The van der Waals surface area contributed by atoms with Crippen LogP contribution in [0.1, 0.15) is 24.1 Å². The Hall–Kier alpha value is -2.61. The molecule has 130 valence electrons. The van der Waals surface area contributed by atoms with E-state index in [1.165, 1.54) is 17.3 Å². The smallest absolute Gasteiger partial charge is 0.238 e. The molecule has 0 aliphatic carbocycles. The number of amides is 1. The molecular weight excluding hydrogens is 338 g/mol. The lowest BCUT2D eigenvalue weighted by Crippen LogP contribution is -2.23. The van der Waals surface area contributed by atoms with E-state index in [1.54, 1.807) is 13.0 Å². The highest BCUT2D eigenvalue weighted by atomic mass is 32.2. The first-order valence-electron chi connectivity index (χ1n) is 7.84. The molecule has 3 aromatic rings. The average molecular weight is 357 g/mol. The number of carbonyl (C=O) groups excluding carboxylic acids is 1. The first kappa shape index (κ1) is 17.2. The summed E-state index contributed by atoms with van der Waals surface area (Å²) in [6, 6.07) is 9.77. The third kappa shape index (κ3) is 3.90. The first-order valence-corrected chi connectivity index (χ1v) is 8.72. The van der Waals surface area contributed by atoms with Gasteiger partial charge >= 0.3 is 0 Å². The molecule has 1 N–H and O–H groups in total. The normalized spacial score (nSPS) is 12.2. The van der Waals surface area contributed by atoms with E-state index in [2.05, 4.69) is 20.7 Å². The van der Waals surface area contributed by atoms with Gasteiger partial charge < -0.3 is 9.84 Å². The van der Waals surface area contributed by atoms with E-state index >= 15 is 0 Å². The van der Waals surface area contributed by atoms with Gasteiger partial charge in [0.25, 0.3) is 0 Å². The first-order chi connectivity index (χ1) is 11.9. The summed E-state index contributed by atoms with van der Waals surface area (Å²) in [6.45, 7) is 7.51. The van der Waals surface area contributed by atoms with Crippen LogP contribution in [0.5, 0.6) is 0 Å². The number of aromatic nitrogens is 4. The van der Waals surface area contributed by atoms with Crippen LogP contribution in [0.4, 0.5) is 5.82 Å². The summed E-state index contributed by atoms with van der Waals surface area (Å²) in [5, 5.41) is 15.2. The van der Waals surface area contributed by atoms with Crippen LogP contribution in [0, 0.1) is 20.8 Å². The van der Waals surface area contributed by atoms with Gasteiger partial charge in [-0.15, -0.1) is 10.2 Å². The van der Waals surface area contributed by atoms with Crippen molar-refractivity contribution >= 4 is 23.5 Å². The van der Waals surface area contributed by atoms with Gasteiger partial charge in [0.1, 0.15) is 11.6 Å². The second kappa shape index (κ2) is 7.10. The van der Waals surface area contributed by atoms with Gasteiger partial charge in [0.2, 0.25) is 5.91 Å². The molecule has 0 spiro atoms. The molecular formula is C17H19N5O2S. The maximum Gasteiger partial charge on any atom is 0.238 e. The third-order valence-electron chi connectivity index (χ3n) is 3.62. The van der Waals surface area contributed by atoms with Crippen molar-refractivity contribution in [2.45, 2.75) is 38.1 Å². The van der Waals surface area contributed by atoms with Gasteiger partial charge in [0.05, 0.1) is 5.25 Å². The predicted molar refractivity (Wildman–Crippen MR) is 96.0 cm³/mol. The van der Waals surface area contributed by atoms with Gasteiger partial charge in [-0.05, 0) is 39.8 Å². The van der Waals surface area contributed by atoms with E-state index < -0.39 is 0 Å². The minimum absolute atomic E-state index is 0.172. The topological polar surface area (TPSA) is 85.8 Å². The molecule has 0 aliphatic rings. The van der Waals surface area contributed by atoms with Gasteiger partial charge in [0, 0.05) is 11.8 Å². The van der Waals surface area contributed by atoms with E-state index in [9.17, 15) is 4.79 Å². The molecule has 0 saturated heterocycles. The number of carbonyl (C=O) groups is 1. The van der Waals surface area contributed by atoms with Gasteiger partial charge in [0.15, 0.2) is 11.0 Å². The molecule has 3 rings (SSSR count). The number of anilines is 1. The molecule has 1 amide bonds. The molecule has 1 atom stereocenters. The van der Waals surface area contributed by atoms with Crippen molar-refractivity contribution < 1.29 is 9.32 Å². The number of benzene rings is 1. The number of hydrogen-bond acceptors (Lipinski definition) is 6. The van der Waals surface area contributed by atoms with Crippen molar-refractivity contribution in [1.29, 1.82) is 0 Å². The summed E-state index contributed by atoms with van der Waals surface area (Å²) >= 11 is 1.34. The summed E-state index contributed by atoms with van der Waals surface area (Å²) < 4.78 is 6.89. The zero-order valence-corrected chi connectivity index (χ0v) is 15.3. The summed E-state index contributed by atoms with van der Waals surface area (Å²) in [5.74, 6) is 1.65. The van der Waals surface area contributed by atoms with Crippen LogP contribution in [0.3, 0.4) is 0 Å². The van der Waals surface area contributed by atoms with Crippen LogP contribution in [-0.2, 0) is 4.79 Å². The Bertz CT molecular complexity index is 885. The number of thioether (sulfide) groups is 1. The molecule has 0 bridgehead atoms. The fourth-order valence-electron chi connectivity index (χ4n) is 2.28. The molecule has 1 aromatic carbocycles. The van der Waals surface area contributed by atoms with Crippen molar-refractivity contribution in [2.24, 2.45) is 0 Å². The van der Waals surface area contributed by atoms with Gasteiger partial charge in [-0.25, -0.2) is 0 Å². The maximum absolute atomic E-state index is 12.4. The molecule has 0 saturated carbocycles. The highest BCUT2D eigenvalue weighted by molar-refractivity contribution is 8.00. The van der Waals surface area contributed by atoms with Gasteiger partial charge in [-0.2, -0.15) is 0 Å². The fourth-order valence-corrected chi connectivity index (χ4v) is 3.19. The summed E-state index contributed by atoms with van der Waals surface area (Å²) in [7, 11) is 0. The van der Waals surface area contributed by atoms with Crippen molar-refractivity contribution in [1.82, 2.24) is 19.9 Å². The number of nitrogens with one attached hydrogen (secondary N) is 1. The van der Waals surface area contributed by atoms with E-state index in [0.29, 0.717) is 16.7 Å². The van der Waals surface area contributed by atoms with Crippen molar-refractivity contribution in [3.63, 3.8) is 0 Å². The number of hydrogen-bond donors (Lipinski definition) is 1. The molecule has 0 fully saturated rings. The molecule has 0 radical (unpaired) electrons. The Morgan fingerprint density at radius 3 is 2.56 bits per heavy atom. The molecule has 0 unspecified atom stereocenters. The summed E-state index contributed by atoms with van der Waals surface area (Å²) in [6.07, 6.45) is 0. The third-order valence-corrected chi connectivity index (χ3v) is 4.66. The maximum atomic E-state index is 12.4. The quantitative estimate of drug-likeness (QED) is 0.705. The molecule has 8 heteroatoms. The lowest BCUT2D eigenvalue weighted by molar-refractivity contribution is -0.115. The molecule has 2 aromatic heterocycles. The largest absolute Gasteiger partial charge is 0.360 e. The van der Waals surface area contributed by atoms with E-state index in [4.69, 9.17) is 4.52 Å². The summed E-state index contributed by atoms with van der Waals surface area (Å²) in [4.78, 5) is 12.4. The monoisotopic (exact) mass is 357 g/mol. The van der Waals surface area contributed by atoms with Crippen molar-refractivity contribution in [3.8, 4) is 5.69 Å². The lowest BCUT2D eigenvalue weighted by Gasteiger charge is -2.12. The minimum Gasteiger partial charge on any atom is -0.360 e. The number of aryl methyl sites for hydroxylation is 3. The van der Waals surface area contributed by atoms with Crippen molar-refractivity contribution in [2.75, 3.05) is 5.32 Å². The second-order valence-electron chi connectivity index (χ2n) is 5.77. The van der Waals surface area contributed by atoms with Crippen molar-refractivity contribution in [3.05, 3.63) is 47.5 Å². The SMILES string of the molecule is Cc1ccc(-n2c(C)nnc2S[C@H](C)C(=O)Nc2cc(C)on2)cc1. The second-order valence-corrected chi connectivity index (χ2v) is 7.08. The molecule has 25 heavy (non-hydrogen) atoms. The zero-order chi connectivity index (χ0) is 18.0. The number of nitrogens with zero attached hydrogens (tertiary/aromatic N) is 4. The van der Waals surface area contributed by atoms with Crippen LogP contribution in [0.25, 0.3) is 5.69 Å². The predicted octanol–water partition coefficient (Wildman–Crippen LogP) is 3.30. The average Bonchev–Trinajstić information content (AvgIpc) is 3.14. The van der Waals surface area contributed by atoms with Crippen LogP contribution in [0.2, 0.25) is 0 Å². The Morgan fingerprint density at radius 2 is 1.92 bits per heavy atom. The molecule has 7 nitrogen and oxygen atoms in total. The minimum atomic E-state index is -0.371. The van der Waals surface area contributed by atoms with Crippen LogP contribution in [0.15, 0.2) is 40.0 Å². The Morgan fingerprint density at radius 1 is 1.20 bits per heavy atom. The Balaban J connectivity index is 1.76. The van der Waals surface area contributed by atoms with E-state index in [1.807, 2.05) is 49.6 Å². The van der Waals surface area contributed by atoms with E-state index in [-0.39, 0.29) is 11.2 Å². The van der Waals surface area contributed by atoms with Gasteiger partial charge in [-0.1, -0.05) is 34.6 Å². The zero-order valence-electron chi connectivity index (χ0n) is 14.5. The Labute approximate surface area is 149 Å². The number of rotatable bonds is 5. The molecule has 0 aliphatic heterocycles. The Kier molecular flexibility index (Phi) is 4.89.